The van der Waals surface area contributed by atoms with Gasteiger partial charge in [0.05, 0.1) is 6.61 Å². The largest absolute Gasteiger partial charge is 0.465 e. The lowest BCUT2D eigenvalue weighted by molar-refractivity contribution is -0.154. The second kappa shape index (κ2) is 7.56. The Morgan fingerprint density at radius 1 is 1.19 bits per heavy atom. The van der Waals surface area contributed by atoms with E-state index in [1.54, 1.807) is 0 Å². The Morgan fingerprint density at radius 2 is 1.86 bits per heavy atom. The second-order valence-corrected chi connectivity index (χ2v) is 6.63. The fourth-order valence-corrected chi connectivity index (χ4v) is 3.58. The number of nitrogens with zero attached hydrogens (tertiary/aromatic N) is 3. The Hall–Kier alpha value is -0.650. The summed E-state index contributed by atoms with van der Waals surface area (Å²) < 4.78 is 5.30. The summed E-state index contributed by atoms with van der Waals surface area (Å²) in [5.74, 6) is -0.0520. The van der Waals surface area contributed by atoms with E-state index >= 15 is 0 Å². The maximum atomic E-state index is 12.3. The van der Waals surface area contributed by atoms with Crippen LogP contribution in [0.5, 0.6) is 0 Å². The molecule has 2 fully saturated rings. The molecule has 0 aromatic carbocycles. The molecule has 0 N–H and O–H groups in total. The Bertz CT molecular complexity index is 340. The lowest BCUT2D eigenvalue weighted by atomic mass is 10.0. The first-order chi connectivity index (χ1) is 10.0. The minimum absolute atomic E-state index is 0.0520. The molecule has 0 amide bonds. The molecule has 0 aromatic rings. The van der Waals surface area contributed by atoms with E-state index in [-0.39, 0.29) is 12.0 Å². The number of esters is 1. The molecular formula is C16H31N3O2. The molecule has 0 aliphatic carbocycles. The number of carbonyl (C=O) groups excluding carboxylic acids is 1. The van der Waals surface area contributed by atoms with Crippen molar-refractivity contribution in [2.75, 3.05) is 46.4 Å². The van der Waals surface area contributed by atoms with Crippen LogP contribution in [0.15, 0.2) is 0 Å². The normalized spacial score (nSPS) is 27.2. The number of hydrogen-bond acceptors (Lipinski definition) is 5. The first kappa shape index (κ1) is 16.7. The molecule has 1 atom stereocenters. The van der Waals surface area contributed by atoms with Crippen molar-refractivity contribution >= 4 is 5.97 Å². The van der Waals surface area contributed by atoms with Gasteiger partial charge < -0.3 is 9.64 Å². The summed E-state index contributed by atoms with van der Waals surface area (Å²) in [5, 5.41) is 0. The molecule has 2 aliphatic rings. The Balaban J connectivity index is 1.99. The van der Waals surface area contributed by atoms with E-state index in [4.69, 9.17) is 4.74 Å². The van der Waals surface area contributed by atoms with Gasteiger partial charge in [-0.3, -0.25) is 14.6 Å². The van der Waals surface area contributed by atoms with E-state index < -0.39 is 0 Å². The molecule has 5 nitrogen and oxygen atoms in total. The van der Waals surface area contributed by atoms with Crippen LogP contribution in [0.3, 0.4) is 0 Å². The number of ether oxygens (including phenoxy) is 1. The highest BCUT2D eigenvalue weighted by atomic mass is 16.5. The molecule has 2 heterocycles. The van der Waals surface area contributed by atoms with Crippen molar-refractivity contribution in [2.45, 2.75) is 51.7 Å². The SMILES string of the molecule is CCOC(=O)C1CN(C2CCN(C)CC2)CCN1C(C)C. The van der Waals surface area contributed by atoms with Crippen LogP contribution in [0.25, 0.3) is 0 Å². The van der Waals surface area contributed by atoms with Crippen molar-refractivity contribution < 1.29 is 9.53 Å². The topological polar surface area (TPSA) is 36.0 Å². The zero-order valence-electron chi connectivity index (χ0n) is 14.0. The number of likely N-dealkylation sites (tertiary alicyclic amines) is 1. The number of carbonyl (C=O) groups is 1. The van der Waals surface area contributed by atoms with E-state index in [0.29, 0.717) is 18.7 Å². The summed E-state index contributed by atoms with van der Waals surface area (Å²) in [6, 6.07) is 0.921. The zero-order valence-corrected chi connectivity index (χ0v) is 14.0. The van der Waals surface area contributed by atoms with Gasteiger partial charge in [-0.2, -0.15) is 0 Å². The first-order valence-electron chi connectivity index (χ1n) is 8.38. The third-order valence-corrected chi connectivity index (χ3v) is 4.88. The van der Waals surface area contributed by atoms with E-state index in [1.165, 1.54) is 25.9 Å². The van der Waals surface area contributed by atoms with Gasteiger partial charge in [0.1, 0.15) is 6.04 Å². The first-order valence-corrected chi connectivity index (χ1v) is 8.38. The van der Waals surface area contributed by atoms with E-state index in [0.717, 1.165) is 19.6 Å². The number of rotatable bonds is 4. The number of piperidine rings is 1. The summed E-state index contributed by atoms with van der Waals surface area (Å²) in [7, 11) is 2.19. The van der Waals surface area contributed by atoms with Crippen molar-refractivity contribution in [2.24, 2.45) is 0 Å². The molecule has 0 bridgehead atoms. The third-order valence-electron chi connectivity index (χ3n) is 4.88. The molecule has 2 rings (SSSR count). The zero-order chi connectivity index (χ0) is 15.4. The molecule has 0 radical (unpaired) electrons. The number of piperazine rings is 1. The monoisotopic (exact) mass is 297 g/mol. The summed E-state index contributed by atoms with van der Waals surface area (Å²) >= 11 is 0. The average molecular weight is 297 g/mol. The fraction of sp³-hybridized carbons (Fsp3) is 0.938. The van der Waals surface area contributed by atoms with Gasteiger partial charge in [-0.05, 0) is 53.8 Å². The highest BCUT2D eigenvalue weighted by molar-refractivity contribution is 5.76. The van der Waals surface area contributed by atoms with Gasteiger partial charge in [-0.15, -0.1) is 0 Å². The van der Waals surface area contributed by atoms with Crippen molar-refractivity contribution in [3.8, 4) is 0 Å². The summed E-state index contributed by atoms with van der Waals surface area (Å²) in [5.41, 5.74) is 0. The molecule has 122 valence electrons. The minimum Gasteiger partial charge on any atom is -0.465 e. The van der Waals surface area contributed by atoms with Gasteiger partial charge in [-0.1, -0.05) is 0 Å². The smallest absolute Gasteiger partial charge is 0.324 e. The van der Waals surface area contributed by atoms with E-state index in [2.05, 4.69) is 35.6 Å². The van der Waals surface area contributed by atoms with Gasteiger partial charge in [0, 0.05) is 31.7 Å². The van der Waals surface area contributed by atoms with Crippen LogP contribution < -0.4 is 0 Å². The predicted octanol–water partition coefficient (Wildman–Crippen LogP) is 1.04. The van der Waals surface area contributed by atoms with Gasteiger partial charge in [0.2, 0.25) is 0 Å². The van der Waals surface area contributed by atoms with Crippen LogP contribution in [-0.4, -0.2) is 85.2 Å². The summed E-state index contributed by atoms with van der Waals surface area (Å²) in [6.45, 7) is 11.9. The molecule has 0 spiro atoms. The standard InChI is InChI=1S/C16H31N3O2/c1-5-21-16(20)15-12-18(10-11-19(15)13(2)3)14-6-8-17(4)9-7-14/h13-15H,5-12H2,1-4H3. The second-order valence-electron chi connectivity index (χ2n) is 6.63. The lowest BCUT2D eigenvalue weighted by Gasteiger charge is -2.46. The molecule has 5 heteroatoms. The molecular weight excluding hydrogens is 266 g/mol. The maximum Gasteiger partial charge on any atom is 0.324 e. The third kappa shape index (κ3) is 4.18. The molecule has 2 aliphatic heterocycles. The van der Waals surface area contributed by atoms with Crippen LogP contribution in [0.1, 0.15) is 33.6 Å². The van der Waals surface area contributed by atoms with Crippen molar-refractivity contribution in [1.82, 2.24) is 14.7 Å². The van der Waals surface area contributed by atoms with Crippen molar-refractivity contribution in [3.63, 3.8) is 0 Å². The molecule has 0 aromatic heterocycles. The summed E-state index contributed by atoms with van der Waals surface area (Å²) in [6.07, 6.45) is 2.43. The predicted molar refractivity (Wildman–Crippen MR) is 84.4 cm³/mol. The molecule has 2 saturated heterocycles. The summed E-state index contributed by atoms with van der Waals surface area (Å²) in [4.78, 5) is 19.5. The van der Waals surface area contributed by atoms with Gasteiger partial charge in [0.15, 0.2) is 0 Å². The average Bonchev–Trinajstić information content (AvgIpc) is 2.47. The Kier molecular flexibility index (Phi) is 6.02. The Morgan fingerprint density at radius 3 is 2.43 bits per heavy atom. The van der Waals surface area contributed by atoms with E-state index in [1.807, 2.05) is 6.92 Å². The highest BCUT2D eigenvalue weighted by Gasteiger charge is 2.37. The van der Waals surface area contributed by atoms with Crippen LogP contribution in [0.2, 0.25) is 0 Å². The van der Waals surface area contributed by atoms with Crippen LogP contribution in [0, 0.1) is 0 Å². The van der Waals surface area contributed by atoms with Crippen molar-refractivity contribution in [3.05, 3.63) is 0 Å². The van der Waals surface area contributed by atoms with E-state index in [9.17, 15) is 4.79 Å². The highest BCUT2D eigenvalue weighted by Crippen LogP contribution is 2.21. The number of hydrogen-bond donors (Lipinski definition) is 0. The van der Waals surface area contributed by atoms with Gasteiger partial charge in [0.25, 0.3) is 0 Å². The van der Waals surface area contributed by atoms with Crippen LogP contribution in [-0.2, 0) is 9.53 Å². The maximum absolute atomic E-state index is 12.3. The van der Waals surface area contributed by atoms with Crippen LogP contribution >= 0.6 is 0 Å². The molecule has 21 heavy (non-hydrogen) atoms. The lowest BCUT2D eigenvalue weighted by Crippen LogP contribution is -2.61. The van der Waals surface area contributed by atoms with Crippen molar-refractivity contribution in [1.29, 1.82) is 0 Å². The molecule has 1 unspecified atom stereocenters. The Labute approximate surface area is 129 Å². The van der Waals surface area contributed by atoms with Gasteiger partial charge >= 0.3 is 5.97 Å². The van der Waals surface area contributed by atoms with Crippen LogP contribution in [0.4, 0.5) is 0 Å². The fourth-order valence-electron chi connectivity index (χ4n) is 3.58. The van der Waals surface area contributed by atoms with Gasteiger partial charge in [-0.25, -0.2) is 0 Å². The quantitative estimate of drug-likeness (QED) is 0.725. The minimum atomic E-state index is -0.0987. The molecule has 0 saturated carbocycles.